The zero-order valence-electron chi connectivity index (χ0n) is 11.1. The molecule has 3 nitrogen and oxygen atoms in total. The Bertz CT molecular complexity index is 520. The summed E-state index contributed by atoms with van der Waals surface area (Å²) < 4.78 is 0. The number of hydrogen-bond donors (Lipinski definition) is 2. The molecule has 1 aromatic heterocycles. The van der Waals surface area contributed by atoms with E-state index in [1.165, 1.54) is 5.56 Å². The predicted octanol–water partition coefficient (Wildman–Crippen LogP) is 3.15. The second-order valence-electron chi connectivity index (χ2n) is 4.54. The van der Waals surface area contributed by atoms with Crippen LogP contribution in [0.3, 0.4) is 0 Å². The Kier molecular flexibility index (Phi) is 4.58. The predicted molar refractivity (Wildman–Crippen MR) is 80.9 cm³/mol. The summed E-state index contributed by atoms with van der Waals surface area (Å²) in [5, 5.41) is 10.2. The monoisotopic (exact) mass is 274 g/mol. The highest BCUT2D eigenvalue weighted by molar-refractivity contribution is 7.07. The van der Waals surface area contributed by atoms with E-state index in [2.05, 4.69) is 27.5 Å². The van der Waals surface area contributed by atoms with E-state index >= 15 is 0 Å². The molecule has 0 saturated heterocycles. The Balaban J connectivity index is 1.92. The molecule has 0 fully saturated rings. The van der Waals surface area contributed by atoms with Crippen LogP contribution in [0.4, 0.5) is 5.69 Å². The fourth-order valence-corrected chi connectivity index (χ4v) is 2.59. The van der Waals surface area contributed by atoms with Gasteiger partial charge in [0.25, 0.3) is 5.91 Å². The van der Waals surface area contributed by atoms with Crippen LogP contribution in [0.15, 0.2) is 41.1 Å². The van der Waals surface area contributed by atoms with Gasteiger partial charge in [0.2, 0.25) is 0 Å². The third kappa shape index (κ3) is 3.83. The van der Waals surface area contributed by atoms with Crippen molar-refractivity contribution >= 4 is 22.9 Å². The highest BCUT2D eigenvalue weighted by atomic mass is 32.1. The minimum atomic E-state index is -0.0228. The molecular formula is C15H18N2OS. The molecule has 0 bridgehead atoms. The van der Waals surface area contributed by atoms with Gasteiger partial charge in [-0.3, -0.25) is 4.79 Å². The molecule has 100 valence electrons. The van der Waals surface area contributed by atoms with Crippen molar-refractivity contribution in [3.8, 4) is 0 Å². The molecular weight excluding hydrogens is 256 g/mol. The molecule has 4 heteroatoms. The maximum atomic E-state index is 12.1. The standard InChI is InChI=1S/C15H18N2OS/c1-11(9-12-7-8-19-10-12)17-15(18)13-3-5-14(16-2)6-4-13/h3-8,10-11,16H,9H2,1-2H3,(H,17,18). The van der Waals surface area contributed by atoms with Crippen molar-refractivity contribution in [3.05, 3.63) is 52.2 Å². The van der Waals surface area contributed by atoms with Gasteiger partial charge >= 0.3 is 0 Å². The van der Waals surface area contributed by atoms with Crippen molar-refractivity contribution in [1.29, 1.82) is 0 Å². The van der Waals surface area contributed by atoms with E-state index in [9.17, 15) is 4.79 Å². The lowest BCUT2D eigenvalue weighted by Gasteiger charge is -2.13. The number of carbonyl (C=O) groups is 1. The first-order chi connectivity index (χ1) is 9.19. The smallest absolute Gasteiger partial charge is 0.251 e. The average molecular weight is 274 g/mol. The van der Waals surface area contributed by atoms with Gasteiger partial charge in [-0.25, -0.2) is 0 Å². The fraction of sp³-hybridized carbons (Fsp3) is 0.267. The lowest BCUT2D eigenvalue weighted by atomic mass is 10.1. The second kappa shape index (κ2) is 6.38. The Hall–Kier alpha value is -1.81. The summed E-state index contributed by atoms with van der Waals surface area (Å²) >= 11 is 1.68. The fourth-order valence-electron chi connectivity index (χ4n) is 1.91. The normalized spacial score (nSPS) is 11.9. The molecule has 0 aliphatic rings. The van der Waals surface area contributed by atoms with Crippen molar-refractivity contribution in [2.45, 2.75) is 19.4 Å². The van der Waals surface area contributed by atoms with E-state index in [1.54, 1.807) is 11.3 Å². The Morgan fingerprint density at radius 1 is 1.26 bits per heavy atom. The zero-order valence-corrected chi connectivity index (χ0v) is 12.0. The molecule has 1 unspecified atom stereocenters. The van der Waals surface area contributed by atoms with E-state index < -0.39 is 0 Å². The van der Waals surface area contributed by atoms with Gasteiger partial charge in [0.05, 0.1) is 0 Å². The first kappa shape index (κ1) is 13.6. The lowest BCUT2D eigenvalue weighted by molar-refractivity contribution is 0.0940. The number of thiophene rings is 1. The summed E-state index contributed by atoms with van der Waals surface area (Å²) in [6, 6.07) is 9.69. The van der Waals surface area contributed by atoms with Crippen LogP contribution in [-0.4, -0.2) is 19.0 Å². The summed E-state index contributed by atoms with van der Waals surface area (Å²) in [6.45, 7) is 2.03. The van der Waals surface area contributed by atoms with E-state index in [4.69, 9.17) is 0 Å². The number of carbonyl (C=O) groups excluding carboxylic acids is 1. The van der Waals surface area contributed by atoms with E-state index in [-0.39, 0.29) is 11.9 Å². The average Bonchev–Trinajstić information content (AvgIpc) is 2.91. The molecule has 2 aromatic rings. The van der Waals surface area contributed by atoms with E-state index in [0.29, 0.717) is 5.56 Å². The molecule has 1 amide bonds. The number of hydrogen-bond acceptors (Lipinski definition) is 3. The minimum absolute atomic E-state index is 0.0228. The van der Waals surface area contributed by atoms with Gasteiger partial charge in [0, 0.05) is 24.3 Å². The van der Waals surface area contributed by atoms with E-state index in [1.807, 2.05) is 38.2 Å². The molecule has 0 saturated carbocycles. The van der Waals surface area contributed by atoms with Crippen molar-refractivity contribution in [2.24, 2.45) is 0 Å². The van der Waals surface area contributed by atoms with Crippen molar-refractivity contribution in [2.75, 3.05) is 12.4 Å². The first-order valence-corrected chi connectivity index (χ1v) is 7.23. The molecule has 0 spiro atoms. The Morgan fingerprint density at radius 2 is 2.00 bits per heavy atom. The quantitative estimate of drug-likeness (QED) is 0.879. The summed E-state index contributed by atoms with van der Waals surface area (Å²) in [4.78, 5) is 12.1. The van der Waals surface area contributed by atoms with Gasteiger partial charge in [-0.2, -0.15) is 11.3 Å². The first-order valence-electron chi connectivity index (χ1n) is 6.29. The van der Waals surface area contributed by atoms with E-state index in [0.717, 1.165) is 12.1 Å². The van der Waals surface area contributed by atoms with Crippen LogP contribution in [0.25, 0.3) is 0 Å². The Morgan fingerprint density at radius 3 is 2.58 bits per heavy atom. The maximum absolute atomic E-state index is 12.1. The van der Waals surface area contributed by atoms with Crippen LogP contribution in [0.1, 0.15) is 22.8 Å². The van der Waals surface area contributed by atoms with Crippen LogP contribution < -0.4 is 10.6 Å². The molecule has 0 radical (unpaired) electrons. The molecule has 19 heavy (non-hydrogen) atoms. The van der Waals surface area contributed by atoms with Crippen LogP contribution in [0.2, 0.25) is 0 Å². The third-order valence-electron chi connectivity index (χ3n) is 2.94. The zero-order chi connectivity index (χ0) is 13.7. The lowest BCUT2D eigenvalue weighted by Crippen LogP contribution is -2.33. The van der Waals surface area contributed by atoms with Gasteiger partial charge in [0.15, 0.2) is 0 Å². The van der Waals surface area contributed by atoms with Crippen LogP contribution >= 0.6 is 11.3 Å². The molecule has 2 rings (SSSR count). The SMILES string of the molecule is CNc1ccc(C(=O)NC(C)Cc2ccsc2)cc1. The molecule has 1 aromatic carbocycles. The number of nitrogens with one attached hydrogen (secondary N) is 2. The number of rotatable bonds is 5. The summed E-state index contributed by atoms with van der Waals surface area (Å²) in [5.74, 6) is -0.0228. The van der Waals surface area contributed by atoms with Gasteiger partial charge in [-0.1, -0.05) is 0 Å². The summed E-state index contributed by atoms with van der Waals surface area (Å²) in [5.41, 5.74) is 2.96. The van der Waals surface area contributed by atoms with Crippen molar-refractivity contribution in [1.82, 2.24) is 5.32 Å². The third-order valence-corrected chi connectivity index (χ3v) is 3.67. The van der Waals surface area contributed by atoms with Gasteiger partial charge in [-0.15, -0.1) is 0 Å². The largest absolute Gasteiger partial charge is 0.388 e. The minimum Gasteiger partial charge on any atom is -0.388 e. The molecule has 1 heterocycles. The van der Waals surface area contributed by atoms with Crippen LogP contribution in [0, 0.1) is 0 Å². The van der Waals surface area contributed by atoms with Crippen LogP contribution in [0.5, 0.6) is 0 Å². The molecule has 2 N–H and O–H groups in total. The number of anilines is 1. The van der Waals surface area contributed by atoms with Crippen molar-refractivity contribution < 1.29 is 4.79 Å². The maximum Gasteiger partial charge on any atom is 0.251 e. The highest BCUT2D eigenvalue weighted by Crippen LogP contribution is 2.11. The van der Waals surface area contributed by atoms with Crippen molar-refractivity contribution in [3.63, 3.8) is 0 Å². The molecule has 0 aliphatic carbocycles. The summed E-state index contributed by atoms with van der Waals surface area (Å²) in [7, 11) is 1.86. The molecule has 0 aliphatic heterocycles. The van der Waals surface area contributed by atoms with Gasteiger partial charge in [-0.05, 0) is 60.0 Å². The molecule has 1 atom stereocenters. The number of benzene rings is 1. The summed E-state index contributed by atoms with van der Waals surface area (Å²) in [6.07, 6.45) is 0.865. The van der Waals surface area contributed by atoms with Crippen LogP contribution in [-0.2, 0) is 6.42 Å². The topological polar surface area (TPSA) is 41.1 Å². The second-order valence-corrected chi connectivity index (χ2v) is 5.32. The Labute approximate surface area is 117 Å². The van der Waals surface area contributed by atoms with Gasteiger partial charge < -0.3 is 10.6 Å². The number of amides is 1. The highest BCUT2D eigenvalue weighted by Gasteiger charge is 2.10. The van der Waals surface area contributed by atoms with Gasteiger partial charge in [0.1, 0.15) is 0 Å².